The molecule has 160 valence electrons. The van der Waals surface area contributed by atoms with Gasteiger partial charge in [-0.05, 0) is 37.8 Å². The Morgan fingerprint density at radius 3 is 2.59 bits per heavy atom. The van der Waals surface area contributed by atoms with Crippen LogP contribution in [0, 0.1) is 12.3 Å². The van der Waals surface area contributed by atoms with Crippen molar-refractivity contribution >= 4 is 10.0 Å². The van der Waals surface area contributed by atoms with Crippen molar-refractivity contribution in [2.75, 3.05) is 53.1 Å². The molecule has 8 nitrogen and oxygen atoms in total. The number of rotatable bonds is 4. The van der Waals surface area contributed by atoms with E-state index in [1.807, 2.05) is 6.92 Å². The van der Waals surface area contributed by atoms with Gasteiger partial charge in [-0.15, -0.1) is 0 Å². The summed E-state index contributed by atoms with van der Waals surface area (Å²) < 4.78 is 44.8. The number of hydrogen-bond donors (Lipinski definition) is 0. The minimum atomic E-state index is -3.64. The fourth-order valence-electron chi connectivity index (χ4n) is 5.19. The van der Waals surface area contributed by atoms with E-state index in [2.05, 4.69) is 9.88 Å². The maximum Gasteiger partial charge on any atom is 0.248 e. The first-order valence-electron chi connectivity index (χ1n) is 10.3. The third-order valence-electron chi connectivity index (χ3n) is 7.00. The molecule has 29 heavy (non-hydrogen) atoms. The number of sulfonamides is 1. The van der Waals surface area contributed by atoms with Gasteiger partial charge in [0.1, 0.15) is 4.90 Å². The lowest BCUT2D eigenvalue weighted by Crippen LogP contribution is -2.68. The molecule has 4 fully saturated rings. The molecule has 4 aliphatic heterocycles. The average Bonchev–Trinajstić information content (AvgIpc) is 3.03. The van der Waals surface area contributed by atoms with Gasteiger partial charge in [0, 0.05) is 43.8 Å². The zero-order chi connectivity index (χ0) is 20.3. The zero-order valence-corrected chi connectivity index (χ0v) is 17.9. The second kappa shape index (κ2) is 6.88. The third kappa shape index (κ3) is 3.27. The monoisotopic (exact) mass is 423 g/mol. The summed E-state index contributed by atoms with van der Waals surface area (Å²) in [4.78, 5) is 6.80. The summed E-state index contributed by atoms with van der Waals surface area (Å²) in [6.07, 6.45) is 4.07. The SMILES string of the molecule is COc1ncc(C)cc1S(=O)(=O)N1CCC2(CC1)CC(N1CC3(COC3)C1)CO2. The fraction of sp³-hybridized carbons (Fsp3) is 0.750. The lowest BCUT2D eigenvalue weighted by Gasteiger charge is -2.57. The zero-order valence-electron chi connectivity index (χ0n) is 17.1. The van der Waals surface area contributed by atoms with Gasteiger partial charge in [-0.1, -0.05) is 0 Å². The van der Waals surface area contributed by atoms with E-state index >= 15 is 0 Å². The number of nitrogens with zero attached hydrogens (tertiary/aromatic N) is 3. The van der Waals surface area contributed by atoms with Gasteiger partial charge in [0.15, 0.2) is 0 Å². The molecule has 0 amide bonds. The van der Waals surface area contributed by atoms with E-state index in [0.717, 1.165) is 57.7 Å². The highest BCUT2D eigenvalue weighted by molar-refractivity contribution is 7.89. The molecule has 0 bridgehead atoms. The number of ether oxygens (including phenoxy) is 3. The van der Waals surface area contributed by atoms with Crippen molar-refractivity contribution in [2.24, 2.45) is 5.41 Å². The quantitative estimate of drug-likeness (QED) is 0.716. The van der Waals surface area contributed by atoms with Crippen molar-refractivity contribution in [1.29, 1.82) is 0 Å². The lowest BCUT2D eigenvalue weighted by atomic mass is 9.76. The van der Waals surface area contributed by atoms with Crippen molar-refractivity contribution in [1.82, 2.24) is 14.2 Å². The minimum absolute atomic E-state index is 0.148. The summed E-state index contributed by atoms with van der Waals surface area (Å²) in [5, 5.41) is 0. The Hall–Kier alpha value is -1.26. The summed E-state index contributed by atoms with van der Waals surface area (Å²) in [6.45, 7) is 7.51. The van der Waals surface area contributed by atoms with Crippen LogP contribution in [0.1, 0.15) is 24.8 Å². The lowest BCUT2D eigenvalue weighted by molar-refractivity contribution is -0.197. The van der Waals surface area contributed by atoms with Crippen LogP contribution in [0.15, 0.2) is 17.2 Å². The molecule has 0 aromatic carbocycles. The number of aryl methyl sites for hydroxylation is 1. The van der Waals surface area contributed by atoms with E-state index in [1.54, 1.807) is 16.6 Å². The van der Waals surface area contributed by atoms with E-state index in [1.165, 1.54) is 7.11 Å². The highest BCUT2D eigenvalue weighted by Gasteiger charge is 2.54. The first kappa shape index (κ1) is 19.7. The van der Waals surface area contributed by atoms with Crippen LogP contribution in [0.5, 0.6) is 5.88 Å². The molecule has 9 heteroatoms. The average molecular weight is 424 g/mol. The van der Waals surface area contributed by atoms with E-state index in [-0.39, 0.29) is 16.4 Å². The summed E-state index contributed by atoms with van der Waals surface area (Å²) in [7, 11) is -2.19. The largest absolute Gasteiger partial charge is 0.480 e. The van der Waals surface area contributed by atoms with Gasteiger partial charge >= 0.3 is 0 Å². The molecule has 4 saturated heterocycles. The second-order valence-corrected chi connectivity index (χ2v) is 11.1. The van der Waals surface area contributed by atoms with Gasteiger partial charge in [0.25, 0.3) is 0 Å². The number of likely N-dealkylation sites (tertiary alicyclic amines) is 1. The predicted molar refractivity (Wildman–Crippen MR) is 105 cm³/mol. The van der Waals surface area contributed by atoms with E-state index in [0.29, 0.717) is 24.5 Å². The molecule has 0 N–H and O–H groups in total. The van der Waals surface area contributed by atoms with Crippen LogP contribution in [0.3, 0.4) is 0 Å². The molecular weight excluding hydrogens is 394 g/mol. The predicted octanol–water partition coefficient (Wildman–Crippen LogP) is 1.04. The van der Waals surface area contributed by atoms with Gasteiger partial charge in [-0.25, -0.2) is 13.4 Å². The first-order chi connectivity index (χ1) is 13.8. The van der Waals surface area contributed by atoms with Crippen molar-refractivity contribution in [3.05, 3.63) is 17.8 Å². The topological polar surface area (TPSA) is 81.2 Å². The molecular formula is C20H29N3O5S. The number of aromatic nitrogens is 1. The Balaban J connectivity index is 1.23. The van der Waals surface area contributed by atoms with Crippen LogP contribution in [0.4, 0.5) is 0 Å². The van der Waals surface area contributed by atoms with Crippen LogP contribution in [0.25, 0.3) is 0 Å². The summed E-state index contributed by atoms with van der Waals surface area (Å²) in [5.74, 6) is 0.153. The normalized spacial score (nSPS) is 29.0. The Kier molecular flexibility index (Phi) is 4.67. The molecule has 2 spiro atoms. The molecule has 0 aliphatic carbocycles. The standard InChI is InChI=1S/C20H29N3O5S/c1-15-7-17(18(26-2)21-9-15)29(24,25)23-5-3-20(4-6-23)8-16(10-28-20)22-11-19(12-22)13-27-14-19/h7,9,16H,3-6,8,10-14H2,1-2H3. The van der Waals surface area contributed by atoms with Crippen LogP contribution >= 0.6 is 0 Å². The molecule has 0 radical (unpaired) electrons. The first-order valence-corrected chi connectivity index (χ1v) is 11.8. The maximum absolute atomic E-state index is 13.2. The highest BCUT2D eigenvalue weighted by atomic mass is 32.2. The Morgan fingerprint density at radius 2 is 1.97 bits per heavy atom. The van der Waals surface area contributed by atoms with E-state index in [9.17, 15) is 8.42 Å². The number of methoxy groups -OCH3 is 1. The van der Waals surface area contributed by atoms with Crippen molar-refractivity contribution in [2.45, 2.75) is 42.7 Å². The smallest absolute Gasteiger partial charge is 0.248 e. The minimum Gasteiger partial charge on any atom is -0.480 e. The Labute approximate surface area is 172 Å². The van der Waals surface area contributed by atoms with Gasteiger partial charge in [0.2, 0.25) is 15.9 Å². The van der Waals surface area contributed by atoms with Gasteiger partial charge in [-0.3, -0.25) is 4.90 Å². The fourth-order valence-corrected chi connectivity index (χ4v) is 6.82. The van der Waals surface area contributed by atoms with Gasteiger partial charge in [-0.2, -0.15) is 4.31 Å². The van der Waals surface area contributed by atoms with Crippen LogP contribution < -0.4 is 4.74 Å². The molecule has 1 aromatic rings. The summed E-state index contributed by atoms with van der Waals surface area (Å²) in [5.41, 5.74) is 1.02. The number of pyridine rings is 1. The van der Waals surface area contributed by atoms with Gasteiger partial charge < -0.3 is 14.2 Å². The molecule has 0 saturated carbocycles. The number of hydrogen-bond acceptors (Lipinski definition) is 7. The highest BCUT2D eigenvalue weighted by Crippen LogP contribution is 2.44. The third-order valence-corrected chi connectivity index (χ3v) is 8.89. The van der Waals surface area contributed by atoms with E-state index < -0.39 is 10.0 Å². The molecule has 1 aromatic heterocycles. The molecule has 5 rings (SSSR count). The van der Waals surface area contributed by atoms with Gasteiger partial charge in [0.05, 0.1) is 32.5 Å². The second-order valence-electron chi connectivity index (χ2n) is 9.17. The van der Waals surface area contributed by atoms with Crippen LogP contribution in [-0.4, -0.2) is 87.4 Å². The van der Waals surface area contributed by atoms with Crippen molar-refractivity contribution in [3.8, 4) is 5.88 Å². The van der Waals surface area contributed by atoms with Crippen LogP contribution in [-0.2, 0) is 19.5 Å². The molecule has 5 heterocycles. The maximum atomic E-state index is 13.2. The molecule has 4 aliphatic rings. The summed E-state index contributed by atoms with van der Waals surface area (Å²) >= 11 is 0. The summed E-state index contributed by atoms with van der Waals surface area (Å²) in [6, 6.07) is 2.09. The Morgan fingerprint density at radius 1 is 1.24 bits per heavy atom. The Bertz CT molecular complexity index is 885. The van der Waals surface area contributed by atoms with Crippen molar-refractivity contribution in [3.63, 3.8) is 0 Å². The van der Waals surface area contributed by atoms with Crippen molar-refractivity contribution < 1.29 is 22.6 Å². The molecule has 1 unspecified atom stereocenters. The molecule has 1 atom stereocenters. The van der Waals surface area contributed by atoms with E-state index in [4.69, 9.17) is 14.2 Å². The van der Waals surface area contributed by atoms with Crippen LogP contribution in [0.2, 0.25) is 0 Å². The number of piperidine rings is 1.